The highest BCUT2D eigenvalue weighted by Crippen LogP contribution is 2.76. The summed E-state index contributed by atoms with van der Waals surface area (Å²) in [4.78, 5) is 0. The molecule has 0 aromatic rings. The maximum absolute atomic E-state index is 6.38. The zero-order chi connectivity index (χ0) is 13.0. The van der Waals surface area contributed by atoms with Gasteiger partial charge in [0.1, 0.15) is 25.7 Å². The lowest BCUT2D eigenvalue weighted by atomic mass is 9.88. The van der Waals surface area contributed by atoms with E-state index in [2.05, 4.69) is 21.7 Å². The van der Waals surface area contributed by atoms with Gasteiger partial charge in [-0.2, -0.15) is 0 Å². The highest BCUT2D eigenvalue weighted by atomic mass is 33.2. The third kappa shape index (κ3) is 2.05. The summed E-state index contributed by atoms with van der Waals surface area (Å²) in [6, 6.07) is 0.116. The molecule has 0 radical (unpaired) electrons. The van der Waals surface area contributed by atoms with Gasteiger partial charge < -0.3 is 14.0 Å². The Labute approximate surface area is 122 Å². The minimum atomic E-state index is -1.76. The van der Waals surface area contributed by atoms with Crippen molar-refractivity contribution in [3.63, 3.8) is 0 Å². The van der Waals surface area contributed by atoms with E-state index in [9.17, 15) is 0 Å². The van der Waals surface area contributed by atoms with Gasteiger partial charge in [0.05, 0.1) is 12.1 Å². The molecule has 0 aliphatic carbocycles. The summed E-state index contributed by atoms with van der Waals surface area (Å²) in [5.41, 5.74) is -0.278. The van der Waals surface area contributed by atoms with E-state index in [1.807, 2.05) is 22.8 Å². The predicted octanol–water partition coefficient (Wildman–Crippen LogP) is 2.00. The van der Waals surface area contributed by atoms with Gasteiger partial charge in [-0.1, -0.05) is 29.7 Å². The van der Waals surface area contributed by atoms with E-state index < -0.39 is 4.67 Å². The van der Waals surface area contributed by atoms with Crippen LogP contribution in [0.2, 0.25) is 0 Å². The Kier molecular flexibility index (Phi) is 3.91. The lowest BCUT2D eigenvalue weighted by molar-refractivity contribution is -0.157. The summed E-state index contributed by atoms with van der Waals surface area (Å²) in [6.45, 7) is 4.25. The largest absolute Gasteiger partial charge is 0.373 e. The van der Waals surface area contributed by atoms with Crippen LogP contribution in [0.5, 0.6) is 0 Å². The molecule has 3 fully saturated rings. The average Bonchev–Trinajstić information content (AvgIpc) is 2.93. The third-order valence-electron chi connectivity index (χ3n) is 4.07. The fraction of sp³-hybridized carbons (Fsp3) is 1.00. The molecule has 0 unspecified atom stereocenters. The maximum Gasteiger partial charge on any atom is 0.175 e. The zero-order valence-corrected chi connectivity index (χ0v) is 14.2. The zero-order valence-electron chi connectivity index (χ0n) is 10.8. The molecule has 3 aliphatic heterocycles. The Balaban J connectivity index is 1.85. The molecule has 3 aliphatic rings. The molecule has 0 N–H and O–H groups in total. The molecule has 2 bridgehead atoms. The first kappa shape index (κ1) is 14.2. The van der Waals surface area contributed by atoms with E-state index in [-0.39, 0.29) is 29.9 Å². The predicted molar refractivity (Wildman–Crippen MR) is 84.8 cm³/mol. The van der Waals surface area contributed by atoms with Crippen LogP contribution in [-0.4, -0.2) is 49.3 Å². The molecule has 8 heteroatoms. The Hall–Kier alpha value is 1.29. The van der Waals surface area contributed by atoms with Gasteiger partial charge in [-0.15, -0.1) is 0 Å². The molecule has 18 heavy (non-hydrogen) atoms. The van der Waals surface area contributed by atoms with Crippen molar-refractivity contribution in [3.8, 4) is 0 Å². The monoisotopic (exact) mass is 324 g/mol. The molecule has 3 saturated heterocycles. The Morgan fingerprint density at radius 1 is 1.50 bits per heavy atom. The van der Waals surface area contributed by atoms with E-state index in [0.29, 0.717) is 0 Å². The van der Waals surface area contributed by atoms with Crippen LogP contribution in [0.15, 0.2) is 0 Å². The molecule has 0 aromatic heterocycles. The molecule has 0 spiro atoms. The molecule has 3 rings (SSSR count). The minimum Gasteiger partial charge on any atom is -0.373 e. The van der Waals surface area contributed by atoms with E-state index in [1.165, 1.54) is 0 Å². The lowest BCUT2D eigenvalue weighted by Crippen LogP contribution is -2.46. The van der Waals surface area contributed by atoms with Crippen LogP contribution in [0.3, 0.4) is 0 Å². The summed E-state index contributed by atoms with van der Waals surface area (Å²) in [7, 11) is 2.08. The SMILES string of the molecule is B[C@@H]1O[C@@]2(CC)[C@H](C)O[C@@H]1[C@@H]2OP1(=S)SCCS1. The van der Waals surface area contributed by atoms with Crippen molar-refractivity contribution >= 4 is 47.1 Å². The van der Waals surface area contributed by atoms with Crippen molar-refractivity contribution in [2.24, 2.45) is 0 Å². The van der Waals surface area contributed by atoms with Crippen molar-refractivity contribution in [1.29, 1.82) is 0 Å². The number of hydrogen-bond donors (Lipinski definition) is 0. The quantitative estimate of drug-likeness (QED) is 0.582. The second-order valence-electron chi connectivity index (χ2n) is 5.01. The fourth-order valence-corrected chi connectivity index (χ4v) is 12.4. The smallest absolute Gasteiger partial charge is 0.175 e. The van der Waals surface area contributed by atoms with Crippen molar-refractivity contribution in [3.05, 3.63) is 0 Å². The molecule has 0 aromatic carbocycles. The van der Waals surface area contributed by atoms with Gasteiger partial charge in [0.2, 0.25) is 0 Å². The van der Waals surface area contributed by atoms with Crippen molar-refractivity contribution < 1.29 is 14.0 Å². The summed E-state index contributed by atoms with van der Waals surface area (Å²) < 4.78 is 16.8. The second-order valence-corrected chi connectivity index (χ2v) is 15.7. The number of rotatable bonds is 3. The molecule has 3 nitrogen and oxygen atoms in total. The van der Waals surface area contributed by atoms with Crippen molar-refractivity contribution in [2.75, 3.05) is 11.5 Å². The third-order valence-corrected chi connectivity index (χ3v) is 13.8. The average molecular weight is 324 g/mol. The first-order valence-corrected chi connectivity index (χ1v) is 12.3. The van der Waals surface area contributed by atoms with Gasteiger partial charge in [-0.05, 0) is 25.2 Å². The summed E-state index contributed by atoms with van der Waals surface area (Å²) >= 11 is 9.38. The van der Waals surface area contributed by atoms with Gasteiger partial charge in [-0.25, -0.2) is 0 Å². The Bertz CT molecular complexity index is 389. The lowest BCUT2D eigenvalue weighted by Gasteiger charge is -2.35. The second kappa shape index (κ2) is 4.94. The standard InChI is InChI=1S/C10H18BO3PS3/c1-3-10-6(2)12-7(9(11)13-10)8(10)14-15(16)17-4-5-18-15/h6-9H,3-5,11H2,1-2H3/t6-,7+,8-,9+,10-/m0/s1. The fourth-order valence-electron chi connectivity index (χ4n) is 3.12. The van der Waals surface area contributed by atoms with Gasteiger partial charge in [0.15, 0.2) is 4.67 Å². The topological polar surface area (TPSA) is 27.7 Å². The van der Waals surface area contributed by atoms with Crippen molar-refractivity contribution in [1.82, 2.24) is 0 Å². The molecule has 0 amide bonds. The number of ether oxygens (including phenoxy) is 2. The van der Waals surface area contributed by atoms with E-state index in [1.54, 1.807) is 0 Å². The van der Waals surface area contributed by atoms with E-state index in [0.717, 1.165) is 17.9 Å². The van der Waals surface area contributed by atoms with Gasteiger partial charge in [0.25, 0.3) is 0 Å². The summed E-state index contributed by atoms with van der Waals surface area (Å²) in [6.07, 6.45) is 1.11. The van der Waals surface area contributed by atoms with Gasteiger partial charge >= 0.3 is 0 Å². The number of fused-ring (bicyclic) bond motifs is 2. The molecular formula is C10H18BO3PS3. The molecule has 0 saturated carbocycles. The molecule has 5 atom stereocenters. The Morgan fingerprint density at radius 2 is 2.17 bits per heavy atom. The highest BCUT2D eigenvalue weighted by molar-refractivity contribution is 9.00. The van der Waals surface area contributed by atoms with Crippen LogP contribution < -0.4 is 0 Å². The van der Waals surface area contributed by atoms with Crippen LogP contribution in [0, 0.1) is 0 Å². The molecule has 3 heterocycles. The van der Waals surface area contributed by atoms with Crippen LogP contribution in [0.25, 0.3) is 0 Å². The minimum absolute atomic E-state index is 0.0245. The van der Waals surface area contributed by atoms with Crippen LogP contribution in [0.1, 0.15) is 20.3 Å². The van der Waals surface area contributed by atoms with Crippen LogP contribution in [0.4, 0.5) is 0 Å². The van der Waals surface area contributed by atoms with Crippen LogP contribution >= 0.6 is 27.4 Å². The first-order chi connectivity index (χ1) is 8.51. The van der Waals surface area contributed by atoms with E-state index >= 15 is 0 Å². The van der Waals surface area contributed by atoms with Crippen LogP contribution in [-0.2, 0) is 25.8 Å². The summed E-state index contributed by atoms with van der Waals surface area (Å²) in [5.74, 6) is 2.23. The first-order valence-electron chi connectivity index (χ1n) is 6.41. The van der Waals surface area contributed by atoms with E-state index in [4.69, 9.17) is 25.8 Å². The van der Waals surface area contributed by atoms with Gasteiger partial charge in [-0.3, -0.25) is 0 Å². The molecule has 102 valence electrons. The number of hydrogen-bond acceptors (Lipinski definition) is 6. The van der Waals surface area contributed by atoms with Gasteiger partial charge in [0, 0.05) is 11.5 Å². The normalized spacial score (nSPS) is 49.9. The summed E-state index contributed by atoms with van der Waals surface area (Å²) in [5, 5.41) is 0. The molecular weight excluding hydrogens is 306 g/mol. The Morgan fingerprint density at radius 3 is 2.78 bits per heavy atom. The highest BCUT2D eigenvalue weighted by Gasteiger charge is 2.64. The maximum atomic E-state index is 6.38. The van der Waals surface area contributed by atoms with Crippen molar-refractivity contribution in [2.45, 2.75) is 50.2 Å².